The predicted octanol–water partition coefficient (Wildman–Crippen LogP) is 3.71. The van der Waals surface area contributed by atoms with Crippen molar-refractivity contribution in [3.63, 3.8) is 0 Å². The molecule has 0 spiro atoms. The molecule has 0 amide bonds. The Morgan fingerprint density at radius 1 is 0.905 bits per heavy atom. The maximum atomic E-state index is 13.3. The molecule has 0 aromatic heterocycles. The van der Waals surface area contributed by atoms with E-state index in [0.29, 0.717) is 18.2 Å². The number of nitrogens with zero attached hydrogens (tertiary/aromatic N) is 1. The van der Waals surface area contributed by atoms with Crippen LogP contribution < -0.4 is 5.73 Å². The monoisotopic (exact) mass is 288 g/mol. The smallest absolute Gasteiger partial charge is 0.126 e. The Morgan fingerprint density at radius 3 is 2.05 bits per heavy atom. The van der Waals surface area contributed by atoms with Crippen molar-refractivity contribution in [1.82, 2.24) is 4.90 Å². The maximum absolute atomic E-state index is 13.3. The number of anilines is 1. The summed E-state index contributed by atoms with van der Waals surface area (Å²) in [5, 5.41) is 0. The van der Waals surface area contributed by atoms with E-state index in [-0.39, 0.29) is 0 Å². The Labute approximate surface area is 123 Å². The fourth-order valence-corrected chi connectivity index (χ4v) is 2.55. The summed E-state index contributed by atoms with van der Waals surface area (Å²) in [6.45, 7) is 1.33. The van der Waals surface area contributed by atoms with Crippen LogP contribution in [0, 0.1) is 11.6 Å². The van der Waals surface area contributed by atoms with E-state index in [2.05, 4.69) is 4.90 Å². The molecule has 21 heavy (non-hydrogen) atoms. The molecule has 110 valence electrons. The van der Waals surface area contributed by atoms with Gasteiger partial charge in [0.15, 0.2) is 0 Å². The lowest BCUT2D eigenvalue weighted by molar-refractivity contribution is 0.245. The normalized spacial score (nSPS) is 14.6. The molecule has 2 nitrogen and oxygen atoms in total. The highest BCUT2D eigenvalue weighted by atomic mass is 19.1. The molecule has 0 heterocycles. The standard InChI is InChI=1S/C17H18F2N2/c18-14-7-13(8-15(19)9-14)11-21(17-5-6-17)10-12-1-3-16(20)4-2-12/h1-4,7-9,17H,5-6,10-11,20H2. The molecule has 1 aliphatic carbocycles. The lowest BCUT2D eigenvalue weighted by atomic mass is 10.1. The van der Waals surface area contributed by atoms with Gasteiger partial charge in [-0.3, -0.25) is 4.90 Å². The first-order valence-corrected chi connectivity index (χ1v) is 7.13. The van der Waals surface area contributed by atoms with E-state index in [9.17, 15) is 8.78 Å². The Kier molecular flexibility index (Phi) is 3.88. The van der Waals surface area contributed by atoms with Crippen LogP contribution in [0.15, 0.2) is 42.5 Å². The average Bonchev–Trinajstić information content (AvgIpc) is 3.24. The van der Waals surface area contributed by atoms with Crippen LogP contribution in [0.4, 0.5) is 14.5 Å². The summed E-state index contributed by atoms with van der Waals surface area (Å²) in [5.41, 5.74) is 8.27. The van der Waals surface area contributed by atoms with Crippen molar-refractivity contribution in [3.8, 4) is 0 Å². The van der Waals surface area contributed by atoms with Gasteiger partial charge in [0.25, 0.3) is 0 Å². The second-order valence-corrected chi connectivity index (χ2v) is 5.66. The Bertz CT molecular complexity index is 601. The fraction of sp³-hybridized carbons (Fsp3) is 0.294. The molecular weight excluding hydrogens is 270 g/mol. The van der Waals surface area contributed by atoms with Gasteiger partial charge in [0.1, 0.15) is 11.6 Å². The van der Waals surface area contributed by atoms with Crippen molar-refractivity contribution >= 4 is 5.69 Å². The third kappa shape index (κ3) is 3.79. The lowest BCUT2D eigenvalue weighted by Crippen LogP contribution is -2.25. The first-order chi connectivity index (χ1) is 10.1. The Balaban J connectivity index is 1.74. The zero-order valence-electron chi connectivity index (χ0n) is 11.7. The molecule has 2 aromatic rings. The number of nitrogen functional groups attached to an aromatic ring is 1. The van der Waals surface area contributed by atoms with E-state index in [4.69, 9.17) is 5.73 Å². The van der Waals surface area contributed by atoms with Gasteiger partial charge in [-0.25, -0.2) is 8.78 Å². The molecule has 3 rings (SSSR count). The van der Waals surface area contributed by atoms with Crippen LogP contribution in [0.1, 0.15) is 24.0 Å². The second kappa shape index (κ2) is 5.82. The summed E-state index contributed by atoms with van der Waals surface area (Å²) in [6.07, 6.45) is 2.29. The van der Waals surface area contributed by atoms with Gasteiger partial charge in [-0.05, 0) is 48.2 Å². The number of nitrogens with two attached hydrogens (primary N) is 1. The van der Waals surface area contributed by atoms with Crippen LogP contribution in [-0.2, 0) is 13.1 Å². The molecule has 1 fully saturated rings. The Hall–Kier alpha value is -1.94. The highest BCUT2D eigenvalue weighted by Gasteiger charge is 2.29. The topological polar surface area (TPSA) is 29.3 Å². The van der Waals surface area contributed by atoms with Crippen LogP contribution in [0.5, 0.6) is 0 Å². The molecule has 0 aliphatic heterocycles. The first kappa shape index (κ1) is 14.0. The molecule has 1 aliphatic rings. The quantitative estimate of drug-likeness (QED) is 0.850. The molecule has 0 atom stereocenters. The molecule has 0 radical (unpaired) electrons. The first-order valence-electron chi connectivity index (χ1n) is 7.13. The molecule has 0 bridgehead atoms. The van der Waals surface area contributed by atoms with Crippen molar-refractivity contribution < 1.29 is 8.78 Å². The molecule has 2 N–H and O–H groups in total. The Morgan fingerprint density at radius 2 is 1.48 bits per heavy atom. The zero-order valence-corrected chi connectivity index (χ0v) is 11.7. The van der Waals surface area contributed by atoms with E-state index in [1.807, 2.05) is 24.3 Å². The summed E-state index contributed by atoms with van der Waals surface area (Å²) in [4.78, 5) is 2.26. The lowest BCUT2D eigenvalue weighted by Gasteiger charge is -2.22. The zero-order chi connectivity index (χ0) is 14.8. The second-order valence-electron chi connectivity index (χ2n) is 5.66. The van der Waals surface area contributed by atoms with Gasteiger partial charge in [-0.2, -0.15) is 0 Å². The van der Waals surface area contributed by atoms with Crippen LogP contribution >= 0.6 is 0 Å². The summed E-state index contributed by atoms with van der Waals surface area (Å²) in [7, 11) is 0. The molecule has 2 aromatic carbocycles. The minimum absolute atomic E-state index is 0.508. The van der Waals surface area contributed by atoms with Crippen LogP contribution in [0.3, 0.4) is 0 Å². The van der Waals surface area contributed by atoms with Gasteiger partial charge in [0, 0.05) is 30.9 Å². The van der Waals surface area contributed by atoms with Gasteiger partial charge < -0.3 is 5.73 Å². The molecule has 0 unspecified atom stereocenters. The van der Waals surface area contributed by atoms with Crippen LogP contribution in [-0.4, -0.2) is 10.9 Å². The summed E-state index contributed by atoms with van der Waals surface area (Å²) >= 11 is 0. The number of hydrogen-bond acceptors (Lipinski definition) is 2. The van der Waals surface area contributed by atoms with E-state index >= 15 is 0 Å². The van der Waals surface area contributed by atoms with Crippen molar-refractivity contribution in [2.45, 2.75) is 32.0 Å². The molecule has 1 saturated carbocycles. The maximum Gasteiger partial charge on any atom is 0.126 e. The third-order valence-electron chi connectivity index (χ3n) is 3.74. The minimum atomic E-state index is -0.520. The minimum Gasteiger partial charge on any atom is -0.399 e. The summed E-state index contributed by atoms with van der Waals surface area (Å²) < 4.78 is 26.6. The number of halogens is 2. The molecule has 4 heteroatoms. The van der Waals surface area contributed by atoms with Gasteiger partial charge in [-0.1, -0.05) is 12.1 Å². The highest BCUT2D eigenvalue weighted by Crippen LogP contribution is 2.30. The van der Waals surface area contributed by atoms with Crippen molar-refractivity contribution in [3.05, 3.63) is 65.2 Å². The molecular formula is C17H18F2N2. The van der Waals surface area contributed by atoms with Gasteiger partial charge in [0.05, 0.1) is 0 Å². The van der Waals surface area contributed by atoms with E-state index in [1.54, 1.807) is 0 Å². The van der Waals surface area contributed by atoms with Crippen LogP contribution in [0.25, 0.3) is 0 Å². The largest absolute Gasteiger partial charge is 0.399 e. The molecule has 0 saturated heterocycles. The van der Waals surface area contributed by atoms with Gasteiger partial charge in [0.2, 0.25) is 0 Å². The van der Waals surface area contributed by atoms with E-state index in [0.717, 1.165) is 36.7 Å². The fourth-order valence-electron chi connectivity index (χ4n) is 2.55. The van der Waals surface area contributed by atoms with E-state index < -0.39 is 11.6 Å². The SMILES string of the molecule is Nc1ccc(CN(Cc2cc(F)cc(F)c2)C2CC2)cc1. The summed E-state index contributed by atoms with van der Waals surface area (Å²) in [6, 6.07) is 12.0. The van der Waals surface area contributed by atoms with Crippen molar-refractivity contribution in [2.75, 3.05) is 5.73 Å². The highest BCUT2D eigenvalue weighted by molar-refractivity contribution is 5.39. The average molecular weight is 288 g/mol. The predicted molar refractivity (Wildman–Crippen MR) is 79.5 cm³/mol. The van der Waals surface area contributed by atoms with E-state index in [1.165, 1.54) is 12.1 Å². The number of hydrogen-bond donors (Lipinski definition) is 1. The van der Waals surface area contributed by atoms with Gasteiger partial charge in [-0.15, -0.1) is 0 Å². The number of benzene rings is 2. The van der Waals surface area contributed by atoms with Crippen LogP contribution in [0.2, 0.25) is 0 Å². The van der Waals surface area contributed by atoms with Crippen molar-refractivity contribution in [2.24, 2.45) is 0 Å². The van der Waals surface area contributed by atoms with Gasteiger partial charge >= 0.3 is 0 Å². The third-order valence-corrected chi connectivity index (χ3v) is 3.74. The number of rotatable bonds is 5. The van der Waals surface area contributed by atoms with Crippen molar-refractivity contribution in [1.29, 1.82) is 0 Å². The summed E-state index contributed by atoms with van der Waals surface area (Å²) in [5.74, 6) is -1.04.